The standard InChI is InChI=1S/C21H21FN7O/c1-30-17-4-2-3-16-19(17)25-21(23)29-20(16)24-18(26-29)13-27-9-11-28(12-10-27)15-7-5-14(22)6-8-15/h2-8,11H,9-10,12-13H2,1H3,(H2,23,25)/q+1. The molecule has 2 aromatic heterocycles. The number of anilines is 1. The van der Waals surface area contributed by atoms with Crippen LogP contribution in [0.2, 0.25) is 0 Å². The Hall–Kier alpha value is -3.59. The molecule has 8 nitrogen and oxygen atoms in total. The topological polar surface area (TPSA) is 84.6 Å². The number of ether oxygens (including phenoxy) is 1. The maximum absolute atomic E-state index is 13.1. The fourth-order valence-electron chi connectivity index (χ4n) is 3.76. The first-order chi connectivity index (χ1) is 14.6. The van der Waals surface area contributed by atoms with Crippen LogP contribution in [0, 0.1) is 5.82 Å². The lowest BCUT2D eigenvalue weighted by atomic mass is 10.2. The normalized spacial score (nSPS) is 14.9. The van der Waals surface area contributed by atoms with E-state index in [0.29, 0.717) is 29.3 Å². The Morgan fingerprint density at radius 2 is 2.00 bits per heavy atom. The first-order valence-electron chi connectivity index (χ1n) is 9.68. The lowest BCUT2D eigenvalue weighted by Gasteiger charge is -2.21. The van der Waals surface area contributed by atoms with E-state index in [9.17, 15) is 4.39 Å². The summed E-state index contributed by atoms with van der Waals surface area (Å²) in [6, 6.07) is 12.2. The zero-order valence-electron chi connectivity index (χ0n) is 16.5. The molecule has 4 aromatic rings. The van der Waals surface area contributed by atoms with Gasteiger partial charge in [0.2, 0.25) is 11.6 Å². The van der Waals surface area contributed by atoms with E-state index in [1.165, 1.54) is 12.1 Å². The number of aromatic nitrogens is 4. The van der Waals surface area contributed by atoms with Gasteiger partial charge in [-0.3, -0.25) is 4.90 Å². The highest BCUT2D eigenvalue weighted by molar-refractivity contribution is 5.95. The first-order valence-corrected chi connectivity index (χ1v) is 9.68. The summed E-state index contributed by atoms with van der Waals surface area (Å²) < 4.78 is 22.3. The van der Waals surface area contributed by atoms with Gasteiger partial charge in [-0.2, -0.15) is 4.52 Å². The van der Waals surface area contributed by atoms with Gasteiger partial charge < -0.3 is 10.5 Å². The number of hydrogen-bond donors (Lipinski definition) is 1. The molecule has 0 amide bonds. The van der Waals surface area contributed by atoms with Crippen molar-refractivity contribution in [1.82, 2.24) is 24.5 Å². The second-order valence-corrected chi connectivity index (χ2v) is 7.18. The number of nitrogens with zero attached hydrogens (tertiary/aromatic N) is 6. The van der Waals surface area contributed by atoms with Crippen LogP contribution in [0.5, 0.6) is 5.75 Å². The predicted molar refractivity (Wildman–Crippen MR) is 112 cm³/mol. The molecule has 0 unspecified atom stereocenters. The van der Waals surface area contributed by atoms with Crippen molar-refractivity contribution in [2.24, 2.45) is 0 Å². The smallest absolute Gasteiger partial charge is 0.223 e. The molecule has 30 heavy (non-hydrogen) atoms. The molecular weight excluding hydrogens is 385 g/mol. The molecule has 2 aromatic carbocycles. The molecule has 9 heteroatoms. The third-order valence-electron chi connectivity index (χ3n) is 5.29. The molecule has 0 atom stereocenters. The maximum atomic E-state index is 13.1. The highest BCUT2D eigenvalue weighted by atomic mass is 19.1. The molecule has 152 valence electrons. The SMILES string of the molecule is COc1cccc2c1nc(N)n1nc(CN3CC=[N+](c4ccc(F)cc4)CC3)nc21. The second-order valence-electron chi connectivity index (χ2n) is 7.18. The van der Waals surface area contributed by atoms with Crippen LogP contribution in [-0.4, -0.2) is 62.0 Å². The zero-order chi connectivity index (χ0) is 20.7. The minimum Gasteiger partial charge on any atom is -0.494 e. The number of hydrogen-bond acceptors (Lipinski definition) is 6. The Kier molecular flexibility index (Phi) is 4.51. The van der Waals surface area contributed by atoms with E-state index in [2.05, 4.69) is 25.8 Å². The van der Waals surface area contributed by atoms with Crippen molar-refractivity contribution >= 4 is 34.4 Å². The van der Waals surface area contributed by atoms with Crippen molar-refractivity contribution in [2.45, 2.75) is 6.54 Å². The third-order valence-corrected chi connectivity index (χ3v) is 5.29. The van der Waals surface area contributed by atoms with Crippen molar-refractivity contribution in [3.05, 3.63) is 54.1 Å². The van der Waals surface area contributed by atoms with Crippen LogP contribution in [0.3, 0.4) is 0 Å². The maximum Gasteiger partial charge on any atom is 0.223 e. The minimum absolute atomic E-state index is 0.228. The van der Waals surface area contributed by atoms with Crippen LogP contribution < -0.4 is 10.5 Å². The summed E-state index contributed by atoms with van der Waals surface area (Å²) in [6.07, 6.45) is 2.10. The molecule has 0 spiro atoms. The van der Waals surface area contributed by atoms with Crippen LogP contribution in [0.1, 0.15) is 5.82 Å². The molecule has 5 rings (SSSR count). The average molecular weight is 406 g/mol. The van der Waals surface area contributed by atoms with Gasteiger partial charge in [0.1, 0.15) is 17.1 Å². The van der Waals surface area contributed by atoms with Crippen molar-refractivity contribution in [1.29, 1.82) is 0 Å². The van der Waals surface area contributed by atoms with Gasteiger partial charge in [-0.15, -0.1) is 5.10 Å². The van der Waals surface area contributed by atoms with Crippen LogP contribution in [0.4, 0.5) is 16.0 Å². The molecule has 0 fully saturated rings. The largest absolute Gasteiger partial charge is 0.494 e. The fourth-order valence-corrected chi connectivity index (χ4v) is 3.76. The van der Waals surface area contributed by atoms with E-state index >= 15 is 0 Å². The third kappa shape index (κ3) is 3.22. The van der Waals surface area contributed by atoms with Crippen molar-refractivity contribution in [3.8, 4) is 5.75 Å². The summed E-state index contributed by atoms with van der Waals surface area (Å²) in [5.41, 5.74) is 8.45. The summed E-state index contributed by atoms with van der Waals surface area (Å²) in [5, 5.41) is 5.41. The van der Waals surface area contributed by atoms with E-state index < -0.39 is 0 Å². The van der Waals surface area contributed by atoms with Gasteiger partial charge >= 0.3 is 0 Å². The van der Waals surface area contributed by atoms with Gasteiger partial charge in [-0.1, -0.05) is 6.07 Å². The van der Waals surface area contributed by atoms with Crippen molar-refractivity contribution < 1.29 is 13.7 Å². The number of para-hydroxylation sites is 1. The van der Waals surface area contributed by atoms with E-state index in [-0.39, 0.29) is 11.8 Å². The average Bonchev–Trinajstić information content (AvgIpc) is 3.19. The molecular formula is C21H21FN7O+. The number of benzene rings is 2. The number of halogens is 1. The monoisotopic (exact) mass is 406 g/mol. The predicted octanol–water partition coefficient (Wildman–Crippen LogP) is 2.24. The minimum atomic E-state index is -0.228. The van der Waals surface area contributed by atoms with E-state index in [1.54, 1.807) is 23.8 Å². The fraction of sp³-hybridized carbons (Fsp3) is 0.238. The Morgan fingerprint density at radius 1 is 1.17 bits per heavy atom. The summed E-state index contributed by atoms with van der Waals surface area (Å²) in [5.74, 6) is 1.38. The summed E-state index contributed by atoms with van der Waals surface area (Å²) in [7, 11) is 1.61. The molecule has 0 saturated carbocycles. The summed E-state index contributed by atoms with van der Waals surface area (Å²) in [6.45, 7) is 2.99. The van der Waals surface area contributed by atoms with Gasteiger partial charge in [0.05, 0.1) is 26.7 Å². The van der Waals surface area contributed by atoms with Crippen molar-refractivity contribution in [2.75, 3.05) is 32.5 Å². The second kappa shape index (κ2) is 7.34. The Labute approximate surface area is 172 Å². The van der Waals surface area contributed by atoms with E-state index in [0.717, 1.165) is 30.7 Å². The molecule has 1 aliphatic rings. The summed E-state index contributed by atoms with van der Waals surface area (Å²) in [4.78, 5) is 11.4. The van der Waals surface area contributed by atoms with Gasteiger partial charge in [0.15, 0.2) is 24.2 Å². The molecule has 0 aliphatic carbocycles. The zero-order valence-corrected chi connectivity index (χ0v) is 16.5. The van der Waals surface area contributed by atoms with E-state index in [1.807, 2.05) is 18.2 Å². The molecule has 0 bridgehead atoms. The number of fused-ring (bicyclic) bond motifs is 3. The first kappa shape index (κ1) is 18.4. The molecule has 3 heterocycles. The van der Waals surface area contributed by atoms with E-state index in [4.69, 9.17) is 15.5 Å². The lowest BCUT2D eigenvalue weighted by molar-refractivity contribution is -0.443. The van der Waals surface area contributed by atoms with Crippen molar-refractivity contribution in [3.63, 3.8) is 0 Å². The number of nitrogens with two attached hydrogens (primary N) is 1. The van der Waals surface area contributed by atoms with Gasteiger partial charge in [-0.25, -0.2) is 18.9 Å². The van der Waals surface area contributed by atoms with Gasteiger partial charge in [0, 0.05) is 17.5 Å². The van der Waals surface area contributed by atoms with Gasteiger partial charge in [-0.05, 0) is 24.3 Å². The highest BCUT2D eigenvalue weighted by Crippen LogP contribution is 2.27. The number of rotatable bonds is 4. The number of methoxy groups -OCH3 is 1. The highest BCUT2D eigenvalue weighted by Gasteiger charge is 2.21. The Bertz CT molecular complexity index is 1270. The van der Waals surface area contributed by atoms with Crippen LogP contribution in [0.25, 0.3) is 16.6 Å². The van der Waals surface area contributed by atoms with Crippen LogP contribution in [0.15, 0.2) is 42.5 Å². The number of nitrogen functional groups attached to an aromatic ring is 1. The van der Waals surface area contributed by atoms with Crippen LogP contribution >= 0.6 is 0 Å². The molecule has 1 aliphatic heterocycles. The van der Waals surface area contributed by atoms with Gasteiger partial charge in [0.25, 0.3) is 0 Å². The Morgan fingerprint density at radius 3 is 2.73 bits per heavy atom. The van der Waals surface area contributed by atoms with Crippen LogP contribution in [-0.2, 0) is 6.54 Å². The lowest BCUT2D eigenvalue weighted by Crippen LogP contribution is -2.37. The Balaban J connectivity index is 1.40. The molecule has 2 N–H and O–H groups in total. The quantitative estimate of drug-likeness (QED) is 0.523. The molecule has 0 radical (unpaired) electrons. The molecule has 0 saturated heterocycles. The summed E-state index contributed by atoms with van der Waals surface area (Å²) >= 11 is 0.